The first kappa shape index (κ1) is 29.0. The Labute approximate surface area is 186 Å². The summed E-state index contributed by atoms with van der Waals surface area (Å²) in [7, 11) is 0. The summed E-state index contributed by atoms with van der Waals surface area (Å²) in [6.07, 6.45) is -0.904. The number of carbonyl (C=O) groups excluding carboxylic acids is 6. The highest BCUT2D eigenvalue weighted by molar-refractivity contribution is 6.05. The number of nitrogens with zero attached hydrogens (tertiary/aromatic N) is 1. The lowest BCUT2D eigenvalue weighted by Gasteiger charge is -2.23. The van der Waals surface area contributed by atoms with Gasteiger partial charge in [-0.05, 0) is 0 Å². The Morgan fingerprint density at radius 1 is 0.452 bits per heavy atom. The zero-order valence-electron chi connectivity index (χ0n) is 20.6. The van der Waals surface area contributed by atoms with Crippen LogP contribution in [0.15, 0.2) is 0 Å². The van der Waals surface area contributed by atoms with Crippen LogP contribution in [0.4, 0.5) is 0 Å². The van der Waals surface area contributed by atoms with Gasteiger partial charge < -0.3 is 0 Å². The second-order valence-electron chi connectivity index (χ2n) is 11.3. The lowest BCUT2D eigenvalue weighted by atomic mass is 9.87. The average Bonchev–Trinajstić information content (AvgIpc) is 2.51. The minimum Gasteiger partial charge on any atom is -0.299 e. The van der Waals surface area contributed by atoms with E-state index in [2.05, 4.69) is 0 Å². The van der Waals surface area contributed by atoms with Crippen LogP contribution in [-0.2, 0) is 28.8 Å². The van der Waals surface area contributed by atoms with Crippen molar-refractivity contribution in [3.05, 3.63) is 0 Å². The molecule has 0 saturated carbocycles. The molecule has 0 fully saturated rings. The summed E-state index contributed by atoms with van der Waals surface area (Å²) in [5.74, 6) is -1.94. The van der Waals surface area contributed by atoms with E-state index < -0.39 is 33.6 Å². The van der Waals surface area contributed by atoms with Crippen LogP contribution in [0.25, 0.3) is 0 Å². The van der Waals surface area contributed by atoms with E-state index in [0.717, 1.165) is 0 Å². The van der Waals surface area contributed by atoms with Crippen molar-refractivity contribution in [1.82, 2.24) is 4.90 Å². The van der Waals surface area contributed by atoms with E-state index in [9.17, 15) is 28.8 Å². The predicted octanol–water partition coefficient (Wildman–Crippen LogP) is 3.01. The SMILES string of the molecule is CC(C)(C)C(=O)CC(=O)CN(CC(=O)CC(=O)C(C)(C)C)CC(=O)CC(=O)C(C)(C)C. The van der Waals surface area contributed by atoms with Crippen LogP contribution >= 0.6 is 0 Å². The summed E-state index contributed by atoms with van der Waals surface area (Å²) >= 11 is 0. The summed E-state index contributed by atoms with van der Waals surface area (Å²) in [6.45, 7) is 14.6. The van der Waals surface area contributed by atoms with E-state index in [0.29, 0.717) is 0 Å². The normalized spacial score (nSPS) is 12.6. The number of hydrogen-bond acceptors (Lipinski definition) is 7. The summed E-state index contributed by atoms with van der Waals surface area (Å²) in [4.78, 5) is 75.0. The van der Waals surface area contributed by atoms with Crippen molar-refractivity contribution >= 4 is 34.7 Å². The third kappa shape index (κ3) is 11.8. The molecule has 0 atom stereocenters. The summed E-state index contributed by atoms with van der Waals surface area (Å²) in [6, 6.07) is 0. The van der Waals surface area contributed by atoms with Gasteiger partial charge in [-0.3, -0.25) is 33.7 Å². The fraction of sp³-hybridized carbons (Fsp3) is 0.750. The molecule has 176 valence electrons. The van der Waals surface area contributed by atoms with E-state index in [4.69, 9.17) is 0 Å². The standard InChI is InChI=1S/C24H39NO6/c1-22(2,3)19(29)10-16(26)13-25(14-17(27)11-20(30)23(4,5)6)15-18(28)12-21(31)24(7,8)9/h10-15H2,1-9H3. The van der Waals surface area contributed by atoms with Gasteiger partial charge in [0.2, 0.25) is 0 Å². The molecular formula is C24H39NO6. The highest BCUT2D eigenvalue weighted by Gasteiger charge is 2.29. The Balaban J connectivity index is 5.28. The van der Waals surface area contributed by atoms with Crippen molar-refractivity contribution in [3.8, 4) is 0 Å². The van der Waals surface area contributed by atoms with Crippen molar-refractivity contribution in [3.63, 3.8) is 0 Å². The van der Waals surface area contributed by atoms with Crippen molar-refractivity contribution in [2.45, 2.75) is 81.6 Å². The van der Waals surface area contributed by atoms with Gasteiger partial charge in [0.1, 0.15) is 17.3 Å². The van der Waals surface area contributed by atoms with Crippen molar-refractivity contribution in [2.75, 3.05) is 19.6 Å². The second kappa shape index (κ2) is 11.0. The number of Topliss-reactive ketones (excluding diaryl/α,β-unsaturated/α-hetero) is 6. The Bertz CT molecular complexity index is 629. The molecule has 0 radical (unpaired) electrons. The molecular weight excluding hydrogens is 398 g/mol. The maximum atomic E-state index is 12.4. The quantitative estimate of drug-likeness (QED) is 0.432. The molecule has 0 rings (SSSR count). The van der Waals surface area contributed by atoms with Gasteiger partial charge in [0, 0.05) is 16.2 Å². The first-order chi connectivity index (χ1) is 13.7. The van der Waals surface area contributed by atoms with Gasteiger partial charge in [0.05, 0.1) is 38.9 Å². The minimum atomic E-state index is -0.676. The number of ketones is 6. The molecule has 0 aromatic carbocycles. The number of hydrogen-bond donors (Lipinski definition) is 0. The molecule has 0 aliphatic rings. The van der Waals surface area contributed by atoms with E-state index in [-0.39, 0.29) is 56.2 Å². The van der Waals surface area contributed by atoms with Gasteiger partial charge in [0.15, 0.2) is 17.3 Å². The van der Waals surface area contributed by atoms with Crippen molar-refractivity contribution in [2.24, 2.45) is 16.2 Å². The van der Waals surface area contributed by atoms with Crippen LogP contribution in [-0.4, -0.2) is 59.2 Å². The zero-order chi connectivity index (χ0) is 24.8. The Hall–Kier alpha value is -2.02. The van der Waals surface area contributed by atoms with Crippen LogP contribution in [0, 0.1) is 16.2 Å². The third-order valence-corrected chi connectivity index (χ3v) is 4.78. The number of carbonyl (C=O) groups is 6. The van der Waals surface area contributed by atoms with E-state index >= 15 is 0 Å². The van der Waals surface area contributed by atoms with Crippen LogP contribution in [0.3, 0.4) is 0 Å². The maximum absolute atomic E-state index is 12.4. The van der Waals surface area contributed by atoms with Crippen molar-refractivity contribution < 1.29 is 28.8 Å². The van der Waals surface area contributed by atoms with Crippen LogP contribution in [0.5, 0.6) is 0 Å². The van der Waals surface area contributed by atoms with Gasteiger partial charge in [-0.25, -0.2) is 0 Å². The molecule has 0 spiro atoms. The molecule has 0 aromatic heterocycles. The molecule has 0 unspecified atom stereocenters. The van der Waals surface area contributed by atoms with Gasteiger partial charge in [-0.15, -0.1) is 0 Å². The Morgan fingerprint density at radius 2 is 0.645 bits per heavy atom. The van der Waals surface area contributed by atoms with Crippen molar-refractivity contribution in [1.29, 1.82) is 0 Å². The molecule has 0 heterocycles. The van der Waals surface area contributed by atoms with E-state index in [1.54, 1.807) is 62.3 Å². The predicted molar refractivity (Wildman–Crippen MR) is 119 cm³/mol. The topological polar surface area (TPSA) is 106 Å². The molecule has 7 nitrogen and oxygen atoms in total. The fourth-order valence-corrected chi connectivity index (χ4v) is 2.42. The first-order valence-electron chi connectivity index (χ1n) is 10.6. The first-order valence-corrected chi connectivity index (χ1v) is 10.6. The number of rotatable bonds is 12. The molecule has 0 amide bonds. The van der Waals surface area contributed by atoms with Gasteiger partial charge >= 0.3 is 0 Å². The highest BCUT2D eigenvalue weighted by Crippen LogP contribution is 2.19. The summed E-state index contributed by atoms with van der Waals surface area (Å²) in [5.41, 5.74) is -2.03. The Morgan fingerprint density at radius 3 is 0.806 bits per heavy atom. The maximum Gasteiger partial charge on any atom is 0.154 e. The molecule has 0 saturated heterocycles. The molecule has 7 heteroatoms. The largest absolute Gasteiger partial charge is 0.299 e. The summed E-state index contributed by atoms with van der Waals surface area (Å²) in [5, 5.41) is 0. The molecule has 0 bridgehead atoms. The monoisotopic (exact) mass is 437 g/mol. The van der Waals surface area contributed by atoms with E-state index in [1.165, 1.54) is 4.90 Å². The van der Waals surface area contributed by atoms with Gasteiger partial charge in [-0.2, -0.15) is 0 Å². The fourth-order valence-electron chi connectivity index (χ4n) is 2.42. The van der Waals surface area contributed by atoms with Crippen LogP contribution in [0.2, 0.25) is 0 Å². The zero-order valence-corrected chi connectivity index (χ0v) is 20.6. The second-order valence-corrected chi connectivity index (χ2v) is 11.3. The van der Waals surface area contributed by atoms with Crippen LogP contribution < -0.4 is 0 Å². The highest BCUT2D eigenvalue weighted by atomic mass is 16.2. The molecule has 0 aromatic rings. The smallest absolute Gasteiger partial charge is 0.154 e. The lowest BCUT2D eigenvalue weighted by molar-refractivity contribution is -0.132. The minimum absolute atomic E-state index is 0.235. The lowest BCUT2D eigenvalue weighted by Crippen LogP contribution is -2.41. The van der Waals surface area contributed by atoms with E-state index in [1.807, 2.05) is 0 Å². The average molecular weight is 438 g/mol. The van der Waals surface area contributed by atoms with Crippen LogP contribution in [0.1, 0.15) is 81.6 Å². The Kier molecular flexibility index (Phi) is 10.3. The molecule has 0 aliphatic heterocycles. The van der Waals surface area contributed by atoms with Gasteiger partial charge in [0.25, 0.3) is 0 Å². The molecule has 0 N–H and O–H groups in total. The van der Waals surface area contributed by atoms with Gasteiger partial charge in [-0.1, -0.05) is 62.3 Å². The third-order valence-electron chi connectivity index (χ3n) is 4.78. The molecule has 31 heavy (non-hydrogen) atoms. The summed E-state index contributed by atoms with van der Waals surface area (Å²) < 4.78 is 0. The molecule has 0 aliphatic carbocycles.